The van der Waals surface area contributed by atoms with Crippen molar-refractivity contribution in [3.63, 3.8) is 0 Å². The van der Waals surface area contributed by atoms with Crippen LogP contribution in [-0.4, -0.2) is 48.8 Å². The minimum absolute atomic E-state index is 0.284. The highest BCUT2D eigenvalue weighted by molar-refractivity contribution is 7.55. The Bertz CT molecular complexity index is 850. The lowest BCUT2D eigenvalue weighted by atomic mass is 10.2. The molecule has 0 saturated heterocycles. The Balaban J connectivity index is 2.20. The minimum atomic E-state index is -3.88. The molecular formula is C15H21N2O8P. The van der Waals surface area contributed by atoms with Gasteiger partial charge in [0.2, 0.25) is 0 Å². The van der Waals surface area contributed by atoms with Crippen LogP contribution in [0.4, 0.5) is 0 Å². The zero-order valence-corrected chi connectivity index (χ0v) is 15.7. The first-order valence-electron chi connectivity index (χ1n) is 7.70. The summed E-state index contributed by atoms with van der Waals surface area (Å²) in [6.45, 7) is 1.59. The summed E-state index contributed by atoms with van der Waals surface area (Å²) in [6.07, 6.45) is 4.42. The summed E-state index contributed by atoms with van der Waals surface area (Å²) in [4.78, 5) is 37.6. The van der Waals surface area contributed by atoms with Gasteiger partial charge in [-0.3, -0.25) is 18.9 Å². The van der Waals surface area contributed by atoms with Crippen LogP contribution in [0.3, 0.4) is 0 Å². The molecule has 144 valence electrons. The SMILES string of the molecule is COC(=O)C(O[C@H]1C=C[C@@H](n2cc(C)c(=O)[nH]c2=O)C1)P(=O)(OC)OC. The Hall–Kier alpha value is -2.00. The second-order valence-electron chi connectivity index (χ2n) is 5.62. The van der Waals surface area contributed by atoms with E-state index in [-0.39, 0.29) is 6.42 Å². The Morgan fingerprint density at radius 3 is 2.50 bits per heavy atom. The number of carbonyl (C=O) groups is 1. The van der Waals surface area contributed by atoms with Gasteiger partial charge in [0.25, 0.3) is 11.4 Å². The van der Waals surface area contributed by atoms with E-state index < -0.39 is 42.8 Å². The van der Waals surface area contributed by atoms with E-state index in [1.165, 1.54) is 10.8 Å². The van der Waals surface area contributed by atoms with Crippen molar-refractivity contribution in [2.75, 3.05) is 21.3 Å². The van der Waals surface area contributed by atoms with Crippen molar-refractivity contribution in [1.29, 1.82) is 0 Å². The van der Waals surface area contributed by atoms with E-state index in [0.717, 1.165) is 21.3 Å². The van der Waals surface area contributed by atoms with Crippen molar-refractivity contribution in [2.24, 2.45) is 0 Å². The van der Waals surface area contributed by atoms with Crippen molar-refractivity contribution >= 4 is 13.6 Å². The highest BCUT2D eigenvalue weighted by Crippen LogP contribution is 2.53. The molecule has 0 bridgehead atoms. The van der Waals surface area contributed by atoms with Crippen LogP contribution in [0.1, 0.15) is 18.0 Å². The molecule has 0 saturated carbocycles. The number of methoxy groups -OCH3 is 1. The summed E-state index contributed by atoms with van der Waals surface area (Å²) in [5.74, 6) is -2.46. The maximum atomic E-state index is 12.5. The van der Waals surface area contributed by atoms with Crippen LogP contribution in [0.15, 0.2) is 27.9 Å². The molecule has 1 N–H and O–H groups in total. The molecule has 2 rings (SSSR count). The van der Waals surface area contributed by atoms with Crippen LogP contribution >= 0.6 is 7.60 Å². The topological polar surface area (TPSA) is 126 Å². The monoisotopic (exact) mass is 388 g/mol. The van der Waals surface area contributed by atoms with Crippen LogP contribution in [0, 0.1) is 6.92 Å². The number of hydrogen-bond acceptors (Lipinski definition) is 8. The van der Waals surface area contributed by atoms with Crippen molar-refractivity contribution in [2.45, 2.75) is 31.3 Å². The average Bonchev–Trinajstić information content (AvgIpc) is 3.09. The van der Waals surface area contributed by atoms with Gasteiger partial charge in [-0.05, 0) is 6.92 Å². The zero-order chi connectivity index (χ0) is 19.5. The third kappa shape index (κ3) is 4.04. The minimum Gasteiger partial charge on any atom is -0.467 e. The van der Waals surface area contributed by atoms with E-state index in [1.807, 2.05) is 0 Å². The molecule has 0 fully saturated rings. The summed E-state index contributed by atoms with van der Waals surface area (Å²) in [6, 6.07) is -0.397. The van der Waals surface area contributed by atoms with Crippen molar-refractivity contribution < 1.29 is 27.9 Å². The van der Waals surface area contributed by atoms with Gasteiger partial charge in [-0.2, -0.15) is 0 Å². The third-order valence-corrected chi connectivity index (χ3v) is 5.95. The Morgan fingerprint density at radius 2 is 1.92 bits per heavy atom. The molecule has 3 atom stereocenters. The Labute approximate surface area is 149 Å². The largest absolute Gasteiger partial charge is 0.467 e. The van der Waals surface area contributed by atoms with Gasteiger partial charge >= 0.3 is 19.3 Å². The Morgan fingerprint density at radius 1 is 1.27 bits per heavy atom. The number of H-pyrrole nitrogens is 1. The standard InChI is InChI=1S/C15H21N2O8P/c1-9-8-17(15(20)16-12(9)18)10-5-6-11(7-10)25-14(13(19)22-2)26(21,23-3)24-4/h5-6,8,10-11,14H,7H2,1-4H3,(H,16,18,20)/t10-,11+,14?/m1/s1. The molecule has 10 nitrogen and oxygen atoms in total. The predicted molar refractivity (Wildman–Crippen MR) is 91.2 cm³/mol. The molecule has 0 aliphatic heterocycles. The molecule has 26 heavy (non-hydrogen) atoms. The van der Waals surface area contributed by atoms with Crippen molar-refractivity contribution in [3.05, 3.63) is 44.8 Å². The number of hydrogen-bond donors (Lipinski definition) is 1. The highest BCUT2D eigenvalue weighted by atomic mass is 31.2. The lowest BCUT2D eigenvalue weighted by Gasteiger charge is -2.25. The highest BCUT2D eigenvalue weighted by Gasteiger charge is 2.44. The smallest absolute Gasteiger partial charge is 0.370 e. The maximum absolute atomic E-state index is 12.5. The van der Waals surface area contributed by atoms with E-state index in [2.05, 4.69) is 9.72 Å². The van der Waals surface area contributed by atoms with Crippen molar-refractivity contribution in [3.8, 4) is 0 Å². The first-order chi connectivity index (χ1) is 12.3. The number of nitrogens with zero attached hydrogens (tertiary/aromatic N) is 1. The van der Waals surface area contributed by atoms with Crippen LogP contribution < -0.4 is 11.2 Å². The number of aryl methyl sites for hydroxylation is 1. The third-order valence-electron chi connectivity index (χ3n) is 4.03. The number of aromatic amines is 1. The average molecular weight is 388 g/mol. The van der Waals surface area contributed by atoms with Gasteiger partial charge in [0, 0.05) is 32.4 Å². The van der Waals surface area contributed by atoms with Gasteiger partial charge in [-0.25, -0.2) is 9.59 Å². The number of rotatable bonds is 7. The fraction of sp³-hybridized carbons (Fsp3) is 0.533. The van der Waals surface area contributed by atoms with Crippen LogP contribution in [0.5, 0.6) is 0 Å². The lowest BCUT2D eigenvalue weighted by Crippen LogP contribution is -2.34. The fourth-order valence-corrected chi connectivity index (χ4v) is 3.78. The van der Waals surface area contributed by atoms with Gasteiger partial charge in [0.1, 0.15) is 0 Å². The second-order valence-corrected chi connectivity index (χ2v) is 7.90. The van der Waals surface area contributed by atoms with Gasteiger partial charge in [-0.1, -0.05) is 12.2 Å². The first-order valence-corrected chi connectivity index (χ1v) is 9.31. The van der Waals surface area contributed by atoms with Gasteiger partial charge in [0.05, 0.1) is 19.3 Å². The first kappa shape index (κ1) is 20.3. The molecule has 1 aliphatic carbocycles. The molecule has 1 aliphatic rings. The summed E-state index contributed by atoms with van der Waals surface area (Å²) >= 11 is 0. The van der Waals surface area contributed by atoms with Gasteiger partial charge in [-0.15, -0.1) is 0 Å². The molecule has 11 heteroatoms. The molecule has 1 unspecified atom stereocenters. The number of nitrogens with one attached hydrogen (secondary N) is 1. The zero-order valence-electron chi connectivity index (χ0n) is 14.8. The van der Waals surface area contributed by atoms with Crippen molar-refractivity contribution in [1.82, 2.24) is 9.55 Å². The summed E-state index contributed by atoms with van der Waals surface area (Å²) in [5, 5.41) is 0. The summed E-state index contributed by atoms with van der Waals surface area (Å²) in [7, 11) is -0.473. The molecule has 0 amide bonds. The molecule has 1 aromatic heterocycles. The maximum Gasteiger partial charge on any atom is 0.370 e. The van der Waals surface area contributed by atoms with E-state index in [9.17, 15) is 18.9 Å². The van der Waals surface area contributed by atoms with Crippen LogP contribution in [-0.2, 0) is 27.9 Å². The second kappa shape index (κ2) is 8.13. The molecule has 1 heterocycles. The van der Waals surface area contributed by atoms with Gasteiger partial charge in [0.15, 0.2) is 0 Å². The lowest BCUT2D eigenvalue weighted by molar-refractivity contribution is -0.151. The molecule has 0 spiro atoms. The summed E-state index contributed by atoms with van der Waals surface area (Å²) < 4.78 is 33.8. The van der Waals surface area contributed by atoms with E-state index in [0.29, 0.717) is 5.56 Å². The number of allylic oxidation sites excluding steroid dienone is 1. The van der Waals surface area contributed by atoms with Gasteiger partial charge < -0.3 is 18.5 Å². The number of carbonyl (C=O) groups excluding carboxylic acids is 1. The predicted octanol–water partition coefficient (Wildman–Crippen LogP) is 0.716. The van der Waals surface area contributed by atoms with Crippen LogP contribution in [0.2, 0.25) is 0 Å². The molecule has 0 aromatic carbocycles. The van der Waals surface area contributed by atoms with E-state index in [1.54, 1.807) is 19.1 Å². The fourth-order valence-electron chi connectivity index (χ4n) is 2.58. The number of esters is 1. The summed E-state index contributed by atoms with van der Waals surface area (Å²) in [5.41, 5.74) is -0.620. The van der Waals surface area contributed by atoms with Crippen LogP contribution in [0.25, 0.3) is 0 Å². The molecular weight excluding hydrogens is 367 g/mol. The Kier molecular flexibility index (Phi) is 6.35. The molecule has 1 aromatic rings. The van der Waals surface area contributed by atoms with E-state index >= 15 is 0 Å². The van der Waals surface area contributed by atoms with E-state index in [4.69, 9.17) is 13.8 Å². The normalized spacial score (nSPS) is 20.9. The number of aromatic nitrogens is 2. The molecule has 0 radical (unpaired) electrons. The quantitative estimate of drug-likeness (QED) is 0.411. The number of ether oxygens (including phenoxy) is 2.